The Balaban J connectivity index is 1.19. The molecule has 0 bridgehead atoms. The number of benzene rings is 9. The minimum absolute atomic E-state index is 0.0842. The third-order valence-electron chi connectivity index (χ3n) is 10.6. The van der Waals surface area contributed by atoms with Crippen molar-refractivity contribution in [3.05, 3.63) is 216 Å². The van der Waals surface area contributed by atoms with Gasteiger partial charge in [-0.2, -0.15) is 0 Å². The molecule has 0 saturated carbocycles. The predicted octanol–water partition coefficient (Wildman–Crippen LogP) is 14.6. The Morgan fingerprint density at radius 3 is 1.05 bits per heavy atom. The molecule has 0 aliphatic heterocycles. The van der Waals surface area contributed by atoms with Gasteiger partial charge in [-0.05, 0) is 102 Å². The second-order valence-corrected chi connectivity index (χ2v) is 14.8. The lowest BCUT2D eigenvalue weighted by Gasteiger charge is -2.20. The molecule has 58 heavy (non-hydrogen) atoms. The summed E-state index contributed by atoms with van der Waals surface area (Å²) >= 11 is 3.63. The van der Waals surface area contributed by atoms with Gasteiger partial charge in [-0.1, -0.05) is 158 Å². The van der Waals surface area contributed by atoms with E-state index in [0.29, 0.717) is 33.8 Å². The van der Waals surface area contributed by atoms with Gasteiger partial charge in [-0.3, -0.25) is 9.59 Å². The van der Waals surface area contributed by atoms with Gasteiger partial charge in [0.15, 0.2) is 57.6 Å². The number of hydrogen-bond acceptors (Lipinski definition) is 4. The van der Waals surface area contributed by atoms with E-state index in [1.807, 2.05) is 131 Å². The number of hydrogen-bond donors (Lipinski definition) is 0. The van der Waals surface area contributed by atoms with Gasteiger partial charge in [-0.15, -0.1) is 0 Å². The van der Waals surface area contributed by atoms with Crippen molar-refractivity contribution in [1.29, 1.82) is 0 Å². The van der Waals surface area contributed by atoms with Crippen molar-refractivity contribution in [3.63, 3.8) is 0 Å². The molecule has 6 heteroatoms. The van der Waals surface area contributed by atoms with E-state index in [1.165, 1.54) is 0 Å². The van der Waals surface area contributed by atoms with E-state index >= 15 is 0 Å². The van der Waals surface area contributed by atoms with E-state index < -0.39 is 0 Å². The maximum Gasteiger partial charge on any atom is 0.196 e. The molecule has 0 atom stereocenters. The highest BCUT2D eigenvalue weighted by atomic mass is 127. The Labute approximate surface area is 364 Å². The molecular weight excluding hydrogens is 942 g/mol. The van der Waals surface area contributed by atoms with Crippen LogP contribution in [0.4, 0.5) is 0 Å². The first-order valence-corrected chi connectivity index (χ1v) is 20.5. The number of rotatable bonds is 10. The summed E-state index contributed by atoms with van der Waals surface area (Å²) in [6.45, 7) is 0. The summed E-state index contributed by atoms with van der Waals surface area (Å²) in [4.78, 5) is 27.0. The van der Waals surface area contributed by atoms with Crippen LogP contribution in [0.2, 0.25) is 0 Å². The molecule has 0 unspecified atom stereocenters. The molecule has 9 aromatic rings. The number of ketones is 2. The third kappa shape index (κ3) is 7.07. The standard InChI is InChI=1S/C52H32I2O4/c53-57-47-17-9-7-15-43(47)51(55)37-23-19-33(20-24-37)39-28-30-42-45(31-39)49(35-11-3-1-4-12-35)41-29-27-40(32-46(41)50(42)36-13-5-2-6-14-36)34-21-25-38(26-22-34)52(56)44-16-8-10-18-48(44)58-54/h1-32H. The minimum atomic E-state index is -0.0842. The summed E-state index contributed by atoms with van der Waals surface area (Å²) in [5.41, 5.74) is 10.9. The molecule has 278 valence electrons. The number of para-hydroxylation sites is 2. The largest absolute Gasteiger partial charge is 0.427 e. The molecule has 0 aliphatic carbocycles. The summed E-state index contributed by atoms with van der Waals surface area (Å²) in [7, 11) is 0. The van der Waals surface area contributed by atoms with E-state index in [1.54, 1.807) is 24.3 Å². The monoisotopic (exact) mass is 974 g/mol. The maximum absolute atomic E-state index is 13.5. The zero-order valence-corrected chi connectivity index (χ0v) is 35.2. The number of fused-ring (bicyclic) bond motifs is 2. The second-order valence-electron chi connectivity index (χ2n) is 14.0. The van der Waals surface area contributed by atoms with E-state index in [0.717, 1.165) is 66.1 Å². The molecule has 0 saturated heterocycles. The molecule has 0 aliphatic rings. The van der Waals surface area contributed by atoms with Crippen molar-refractivity contribution in [2.45, 2.75) is 0 Å². The fourth-order valence-corrected chi connectivity index (χ4v) is 8.57. The summed E-state index contributed by atoms with van der Waals surface area (Å²) in [5, 5.41) is 4.54. The van der Waals surface area contributed by atoms with Crippen LogP contribution in [0, 0.1) is 0 Å². The van der Waals surface area contributed by atoms with Crippen molar-refractivity contribution in [1.82, 2.24) is 0 Å². The molecule has 0 amide bonds. The van der Waals surface area contributed by atoms with Crippen LogP contribution in [0.25, 0.3) is 66.1 Å². The fraction of sp³-hybridized carbons (Fsp3) is 0. The van der Waals surface area contributed by atoms with Crippen molar-refractivity contribution in [2.24, 2.45) is 0 Å². The van der Waals surface area contributed by atoms with Gasteiger partial charge in [0.1, 0.15) is 11.5 Å². The van der Waals surface area contributed by atoms with Gasteiger partial charge in [0.25, 0.3) is 0 Å². The Hall–Kier alpha value is -6.10. The Kier molecular flexibility index (Phi) is 10.6. The van der Waals surface area contributed by atoms with Gasteiger partial charge >= 0.3 is 0 Å². The van der Waals surface area contributed by atoms with Crippen LogP contribution in [0.3, 0.4) is 0 Å². The highest BCUT2D eigenvalue weighted by Gasteiger charge is 2.20. The number of carbonyl (C=O) groups is 2. The lowest BCUT2D eigenvalue weighted by atomic mass is 9.84. The molecule has 0 aromatic heterocycles. The van der Waals surface area contributed by atoms with E-state index in [4.69, 9.17) is 6.13 Å². The van der Waals surface area contributed by atoms with Crippen molar-refractivity contribution in [3.8, 4) is 56.0 Å². The zero-order valence-electron chi connectivity index (χ0n) is 30.9. The van der Waals surface area contributed by atoms with Gasteiger partial charge < -0.3 is 6.13 Å². The van der Waals surface area contributed by atoms with Crippen LogP contribution >= 0.6 is 46.0 Å². The first-order valence-electron chi connectivity index (χ1n) is 18.7. The number of carbonyl (C=O) groups excluding carboxylic acids is 2. The van der Waals surface area contributed by atoms with E-state index in [2.05, 4.69) is 84.9 Å². The van der Waals surface area contributed by atoms with Crippen molar-refractivity contribution < 1.29 is 15.7 Å². The first-order chi connectivity index (χ1) is 28.5. The fourth-order valence-electron chi connectivity index (χ4n) is 7.80. The molecule has 0 heterocycles. The smallest absolute Gasteiger partial charge is 0.196 e. The molecule has 0 N–H and O–H groups in total. The van der Waals surface area contributed by atoms with Crippen molar-refractivity contribution >= 4 is 79.1 Å². The molecular formula is C52H32I2O4. The predicted molar refractivity (Wildman–Crippen MR) is 252 cm³/mol. The molecule has 4 nitrogen and oxygen atoms in total. The SMILES string of the molecule is O=C(c1ccc(-c2ccc3c(-c4ccccc4)c4cc(-c5ccc(C(=O)c6ccccc6OI)cc5)ccc4c(-c4ccccc4)c3c2)cc1)c1ccccc1OI. The molecule has 0 radical (unpaired) electrons. The van der Waals surface area contributed by atoms with E-state index in [-0.39, 0.29) is 11.6 Å². The minimum Gasteiger partial charge on any atom is -0.427 e. The summed E-state index contributed by atoms with van der Waals surface area (Å²) in [6.07, 6.45) is 0. The van der Waals surface area contributed by atoms with Gasteiger partial charge in [0, 0.05) is 11.1 Å². The van der Waals surface area contributed by atoms with Gasteiger partial charge in [0.2, 0.25) is 0 Å². The Morgan fingerprint density at radius 2 is 0.672 bits per heavy atom. The van der Waals surface area contributed by atoms with Crippen LogP contribution in [-0.4, -0.2) is 11.6 Å². The summed E-state index contributed by atoms with van der Waals surface area (Å²) in [6, 6.07) is 64.7. The molecule has 9 aromatic carbocycles. The second kappa shape index (κ2) is 16.4. The van der Waals surface area contributed by atoms with E-state index in [9.17, 15) is 9.59 Å². The zero-order chi connectivity index (χ0) is 39.6. The van der Waals surface area contributed by atoms with Crippen LogP contribution < -0.4 is 6.13 Å². The molecule has 0 fully saturated rings. The summed E-state index contributed by atoms with van der Waals surface area (Å²) in [5.74, 6) is 0.921. The van der Waals surface area contributed by atoms with Gasteiger partial charge in [0.05, 0.1) is 11.1 Å². The highest BCUT2D eigenvalue weighted by Crippen LogP contribution is 2.46. The quantitative estimate of drug-likeness (QED) is 0.0778. The average molecular weight is 975 g/mol. The summed E-state index contributed by atoms with van der Waals surface area (Å²) < 4.78 is 10.9. The van der Waals surface area contributed by atoms with Gasteiger partial charge in [-0.25, -0.2) is 0 Å². The maximum atomic E-state index is 13.5. The first kappa shape index (κ1) is 37.5. The Morgan fingerprint density at radius 1 is 0.328 bits per heavy atom. The number of halogens is 2. The third-order valence-corrected chi connectivity index (χ3v) is 11.6. The van der Waals surface area contributed by atoms with Crippen LogP contribution in [0.5, 0.6) is 11.5 Å². The topological polar surface area (TPSA) is 52.6 Å². The molecule has 9 rings (SSSR count). The van der Waals surface area contributed by atoms with Crippen LogP contribution in [0.15, 0.2) is 194 Å². The van der Waals surface area contributed by atoms with Crippen molar-refractivity contribution in [2.75, 3.05) is 0 Å². The normalized spacial score (nSPS) is 11.1. The Bertz CT molecular complexity index is 2770. The average Bonchev–Trinajstić information content (AvgIpc) is 3.30. The van der Waals surface area contributed by atoms with Crippen LogP contribution in [-0.2, 0) is 0 Å². The highest BCUT2D eigenvalue weighted by molar-refractivity contribution is 14.1. The molecule has 0 spiro atoms. The van der Waals surface area contributed by atoms with Crippen LogP contribution in [0.1, 0.15) is 31.8 Å². The lowest BCUT2D eigenvalue weighted by molar-refractivity contribution is 0.102. The lowest BCUT2D eigenvalue weighted by Crippen LogP contribution is -2.02.